The number of hydrogen-bond donors (Lipinski definition) is 3. The lowest BCUT2D eigenvalue weighted by Crippen LogP contribution is -2.59. The van der Waals surface area contributed by atoms with Crippen molar-refractivity contribution in [3.63, 3.8) is 0 Å². The highest BCUT2D eigenvalue weighted by molar-refractivity contribution is 5.85. The van der Waals surface area contributed by atoms with Crippen molar-refractivity contribution in [3.05, 3.63) is 71.9 Å². The van der Waals surface area contributed by atoms with Gasteiger partial charge in [-0.2, -0.15) is 13.2 Å². The molecule has 3 aromatic heterocycles. The van der Waals surface area contributed by atoms with Crippen molar-refractivity contribution >= 4 is 17.4 Å². The zero-order chi connectivity index (χ0) is 25.4. The second-order valence-corrected chi connectivity index (χ2v) is 7.47. The maximum absolute atomic E-state index is 14.2. The number of hydrogen-bond acceptors (Lipinski definition) is 7. The molecule has 182 valence electrons. The number of halogens is 5. The molecule has 1 aromatic carbocycles. The fourth-order valence-electron chi connectivity index (χ4n) is 3.20. The average molecular weight is 493 g/mol. The van der Waals surface area contributed by atoms with Crippen molar-refractivity contribution in [2.45, 2.75) is 18.2 Å². The number of nitrogens with zero attached hydrogens (tertiary/aromatic N) is 5. The van der Waals surface area contributed by atoms with Crippen LogP contribution < -0.4 is 11.1 Å². The van der Waals surface area contributed by atoms with Gasteiger partial charge in [-0.3, -0.25) is 4.79 Å². The normalized spacial score (nSPS) is 13.5. The first-order chi connectivity index (χ1) is 16.5. The van der Waals surface area contributed by atoms with E-state index in [1.54, 1.807) is 22.7 Å². The van der Waals surface area contributed by atoms with Crippen LogP contribution in [0.3, 0.4) is 0 Å². The number of fused-ring (bicyclic) bond motifs is 1. The van der Waals surface area contributed by atoms with Crippen LogP contribution >= 0.6 is 0 Å². The number of anilines is 1. The third-order valence-corrected chi connectivity index (χ3v) is 5.12. The Morgan fingerprint density at radius 3 is 2.54 bits per heavy atom. The number of rotatable bonds is 7. The van der Waals surface area contributed by atoms with Gasteiger partial charge in [-0.1, -0.05) is 18.2 Å². The summed E-state index contributed by atoms with van der Waals surface area (Å²) in [5.41, 5.74) is 1.88. The summed E-state index contributed by atoms with van der Waals surface area (Å²) in [6, 6.07) is 6.05. The lowest BCUT2D eigenvalue weighted by atomic mass is 10.0. The molecule has 0 aliphatic rings. The van der Waals surface area contributed by atoms with Gasteiger partial charge in [0, 0.05) is 25.0 Å². The maximum atomic E-state index is 14.2. The number of nitrogens with two attached hydrogens (primary N) is 1. The van der Waals surface area contributed by atoms with E-state index in [1.165, 1.54) is 24.5 Å². The van der Waals surface area contributed by atoms with Crippen LogP contribution in [0.15, 0.2) is 49.1 Å². The Kier molecular flexibility index (Phi) is 6.06. The van der Waals surface area contributed by atoms with E-state index in [1.807, 2.05) is 5.32 Å². The minimum atomic E-state index is -5.42. The van der Waals surface area contributed by atoms with Crippen molar-refractivity contribution in [1.82, 2.24) is 24.3 Å². The van der Waals surface area contributed by atoms with E-state index >= 15 is 0 Å². The van der Waals surface area contributed by atoms with Crippen molar-refractivity contribution in [2.75, 3.05) is 11.9 Å². The standard InChI is InChI=1S/C21H16F5N7O2/c22-12-4-2-1-3-11(12)7-14-18-28-5-6-33(18)9-15(31-14)17-29-8-13(23)16(32-17)30-10-20(35,19(27)34)21(24,25)26/h1-6,8-9,35H,7,10H2,(H2,27,34)(H,29,30,32)/t20-/m1/s1. The summed E-state index contributed by atoms with van der Waals surface area (Å²) in [6.45, 7) is -1.49. The fraction of sp³-hybridized carbons (Fsp3) is 0.190. The Labute approximate surface area is 193 Å². The molecule has 0 aliphatic carbocycles. The number of benzene rings is 1. The third kappa shape index (κ3) is 4.59. The van der Waals surface area contributed by atoms with Gasteiger partial charge in [-0.05, 0) is 11.6 Å². The first-order valence-electron chi connectivity index (χ1n) is 9.91. The molecule has 0 radical (unpaired) electrons. The molecular weight excluding hydrogens is 477 g/mol. The number of primary amides is 1. The van der Waals surface area contributed by atoms with Crippen molar-refractivity contribution < 1.29 is 31.9 Å². The summed E-state index contributed by atoms with van der Waals surface area (Å²) in [5, 5.41) is 11.6. The van der Waals surface area contributed by atoms with Crippen molar-refractivity contribution in [2.24, 2.45) is 5.73 Å². The highest BCUT2D eigenvalue weighted by atomic mass is 19.4. The first-order valence-corrected chi connectivity index (χ1v) is 9.91. The van der Waals surface area contributed by atoms with Crippen LogP contribution in [0.25, 0.3) is 17.2 Å². The summed E-state index contributed by atoms with van der Waals surface area (Å²) in [7, 11) is 0. The second kappa shape index (κ2) is 8.87. The summed E-state index contributed by atoms with van der Waals surface area (Å²) in [6.07, 6.45) is -0.202. The first kappa shape index (κ1) is 23.9. The van der Waals surface area contributed by atoms with Crippen molar-refractivity contribution in [1.29, 1.82) is 0 Å². The molecule has 0 unspecified atom stereocenters. The fourth-order valence-corrected chi connectivity index (χ4v) is 3.20. The largest absolute Gasteiger partial charge is 0.428 e. The topological polar surface area (TPSA) is 131 Å². The Bertz CT molecular complexity index is 1410. The minimum absolute atomic E-state index is 0.0462. The lowest BCUT2D eigenvalue weighted by Gasteiger charge is -2.27. The predicted molar refractivity (Wildman–Crippen MR) is 112 cm³/mol. The molecule has 0 bridgehead atoms. The average Bonchev–Trinajstić information content (AvgIpc) is 3.28. The van der Waals surface area contributed by atoms with Gasteiger partial charge < -0.3 is 20.6 Å². The number of aliphatic hydroxyl groups is 1. The van der Waals surface area contributed by atoms with Gasteiger partial charge in [0.15, 0.2) is 23.1 Å². The zero-order valence-corrected chi connectivity index (χ0v) is 17.6. The highest BCUT2D eigenvalue weighted by Crippen LogP contribution is 2.31. The number of carbonyl (C=O) groups excluding carboxylic acids is 1. The molecule has 1 atom stereocenters. The van der Waals surface area contributed by atoms with Crippen LogP contribution in [-0.4, -0.2) is 53.7 Å². The van der Waals surface area contributed by atoms with E-state index in [0.717, 1.165) is 0 Å². The molecule has 9 nitrogen and oxygen atoms in total. The zero-order valence-electron chi connectivity index (χ0n) is 17.6. The summed E-state index contributed by atoms with van der Waals surface area (Å²) in [5.74, 6) is -4.62. The number of imidazole rings is 1. The Morgan fingerprint density at radius 2 is 1.86 bits per heavy atom. The molecule has 0 saturated carbocycles. The molecule has 0 fully saturated rings. The van der Waals surface area contributed by atoms with Crippen LogP contribution in [0.1, 0.15) is 11.3 Å². The van der Waals surface area contributed by atoms with Crippen LogP contribution in [0.4, 0.5) is 27.8 Å². The molecule has 0 aliphatic heterocycles. The molecule has 0 saturated heterocycles. The molecule has 4 rings (SSSR count). The van der Waals surface area contributed by atoms with Gasteiger partial charge in [0.25, 0.3) is 11.5 Å². The van der Waals surface area contributed by atoms with Gasteiger partial charge >= 0.3 is 6.18 Å². The SMILES string of the molecule is NC(=O)[C@](O)(CNc1nc(-c2cn3ccnc3c(Cc3ccccc3F)n2)ncc1F)C(F)(F)F. The van der Waals surface area contributed by atoms with E-state index < -0.39 is 41.7 Å². The maximum Gasteiger partial charge on any atom is 0.428 e. The Morgan fingerprint density at radius 1 is 1.11 bits per heavy atom. The van der Waals surface area contributed by atoms with Gasteiger partial charge in [0.05, 0.1) is 18.4 Å². The van der Waals surface area contributed by atoms with Crippen molar-refractivity contribution in [3.8, 4) is 11.5 Å². The monoisotopic (exact) mass is 493 g/mol. The smallest absolute Gasteiger partial charge is 0.371 e. The van der Waals surface area contributed by atoms with Crippen LogP contribution in [0, 0.1) is 11.6 Å². The van der Waals surface area contributed by atoms with Gasteiger partial charge in [-0.25, -0.2) is 28.7 Å². The number of aromatic nitrogens is 5. The Balaban J connectivity index is 1.70. The van der Waals surface area contributed by atoms with E-state index in [4.69, 9.17) is 5.73 Å². The van der Waals surface area contributed by atoms with Crippen LogP contribution in [-0.2, 0) is 11.2 Å². The van der Waals surface area contributed by atoms with Gasteiger partial charge in [0.1, 0.15) is 11.5 Å². The third-order valence-electron chi connectivity index (χ3n) is 5.12. The molecule has 0 spiro atoms. The van der Waals surface area contributed by atoms with Crippen LogP contribution in [0.5, 0.6) is 0 Å². The minimum Gasteiger partial charge on any atom is -0.371 e. The summed E-state index contributed by atoms with van der Waals surface area (Å²) in [4.78, 5) is 27.5. The van der Waals surface area contributed by atoms with Crippen LogP contribution in [0.2, 0.25) is 0 Å². The number of carbonyl (C=O) groups is 1. The molecular formula is C21H16F5N7O2. The molecule has 35 heavy (non-hydrogen) atoms. The number of amides is 1. The summed E-state index contributed by atoms with van der Waals surface area (Å²) < 4.78 is 69.3. The lowest BCUT2D eigenvalue weighted by molar-refractivity contribution is -0.245. The predicted octanol–water partition coefficient (Wildman–Crippen LogP) is 2.25. The van der Waals surface area contributed by atoms with Gasteiger partial charge in [0.2, 0.25) is 0 Å². The quantitative estimate of drug-likeness (QED) is 0.337. The van der Waals surface area contributed by atoms with E-state index in [0.29, 0.717) is 23.1 Å². The summed E-state index contributed by atoms with van der Waals surface area (Å²) >= 11 is 0. The number of nitrogens with one attached hydrogen (secondary N) is 1. The second-order valence-electron chi connectivity index (χ2n) is 7.47. The van der Waals surface area contributed by atoms with E-state index in [9.17, 15) is 31.9 Å². The molecule has 4 N–H and O–H groups in total. The van der Waals surface area contributed by atoms with E-state index in [2.05, 4.69) is 19.9 Å². The molecule has 14 heteroatoms. The van der Waals surface area contributed by atoms with Gasteiger partial charge in [-0.15, -0.1) is 0 Å². The molecule has 4 aromatic rings. The van der Waals surface area contributed by atoms with E-state index in [-0.39, 0.29) is 17.9 Å². The Hall–Kier alpha value is -4.20. The molecule has 1 amide bonds. The molecule has 3 heterocycles. The highest BCUT2D eigenvalue weighted by Gasteiger charge is 2.58. The number of alkyl halides is 3.